The van der Waals surface area contributed by atoms with Gasteiger partial charge in [0.25, 0.3) is 0 Å². The fraction of sp³-hybridized carbons (Fsp3) is 0.941. The third-order valence-corrected chi connectivity index (χ3v) is 11.6. The van der Waals surface area contributed by atoms with Gasteiger partial charge in [-0.25, -0.2) is 0 Å². The molecule has 60 heavy (non-hydrogen) atoms. The summed E-state index contributed by atoms with van der Waals surface area (Å²) in [7, 11) is 5.91. The van der Waals surface area contributed by atoms with Crippen LogP contribution in [0.5, 0.6) is 0 Å². The summed E-state index contributed by atoms with van der Waals surface area (Å²) in [6.07, 6.45) is 43.4. The highest BCUT2D eigenvalue weighted by atomic mass is 16.7. The van der Waals surface area contributed by atoms with Gasteiger partial charge in [-0.1, -0.05) is 226 Å². The van der Waals surface area contributed by atoms with E-state index in [0.29, 0.717) is 17.4 Å². The molecule has 0 aromatic heterocycles. The fourth-order valence-corrected chi connectivity index (χ4v) is 7.60. The van der Waals surface area contributed by atoms with Crippen LogP contribution in [0.3, 0.4) is 0 Å². The van der Waals surface area contributed by atoms with Crippen molar-refractivity contribution in [1.29, 1.82) is 0 Å². The van der Waals surface area contributed by atoms with Crippen LogP contribution < -0.4 is 5.11 Å². The van der Waals surface area contributed by atoms with Gasteiger partial charge in [0.1, 0.15) is 13.2 Å². The van der Waals surface area contributed by atoms with Crippen molar-refractivity contribution in [3.05, 3.63) is 0 Å². The van der Waals surface area contributed by atoms with Gasteiger partial charge in [0.15, 0.2) is 12.4 Å². The van der Waals surface area contributed by atoms with Crippen molar-refractivity contribution in [2.24, 2.45) is 0 Å². The number of carbonyl (C=O) groups excluding carboxylic acids is 3. The number of rotatable bonds is 48. The number of likely N-dealkylation sites (N-methyl/N-ethyl adjacent to an activating group) is 1. The van der Waals surface area contributed by atoms with Crippen molar-refractivity contribution in [2.75, 3.05) is 47.5 Å². The normalized spacial score (nSPS) is 12.8. The van der Waals surface area contributed by atoms with Crippen LogP contribution >= 0.6 is 0 Å². The third-order valence-electron chi connectivity index (χ3n) is 11.6. The molecule has 0 heterocycles. The highest BCUT2D eigenvalue weighted by molar-refractivity contribution is 5.70. The Bertz CT molecular complexity index is 954. The molecule has 0 aliphatic rings. The highest BCUT2D eigenvalue weighted by Crippen LogP contribution is 2.17. The number of hydrogen-bond acceptors (Lipinski definition) is 8. The van der Waals surface area contributed by atoms with E-state index in [-0.39, 0.29) is 32.2 Å². The molecule has 0 saturated heterocycles. The maximum Gasteiger partial charge on any atom is 0.306 e. The second kappa shape index (κ2) is 43.9. The second-order valence-electron chi connectivity index (χ2n) is 18.8. The summed E-state index contributed by atoms with van der Waals surface area (Å²) in [5.41, 5.74) is 0. The lowest BCUT2D eigenvalue weighted by Crippen LogP contribution is -2.44. The molecule has 0 aliphatic carbocycles. The minimum absolute atomic E-state index is 0.152. The number of carboxylic acids is 1. The van der Waals surface area contributed by atoms with E-state index < -0.39 is 24.3 Å². The number of esters is 2. The van der Waals surface area contributed by atoms with Crippen LogP contribution in [0.1, 0.15) is 251 Å². The van der Waals surface area contributed by atoms with Gasteiger partial charge in [-0.15, -0.1) is 0 Å². The number of carbonyl (C=O) groups is 3. The van der Waals surface area contributed by atoms with Crippen LogP contribution in [-0.2, 0) is 33.3 Å². The van der Waals surface area contributed by atoms with E-state index >= 15 is 0 Å². The highest BCUT2D eigenvalue weighted by Gasteiger charge is 2.22. The number of aliphatic carboxylic acids is 1. The van der Waals surface area contributed by atoms with Crippen molar-refractivity contribution >= 4 is 17.9 Å². The van der Waals surface area contributed by atoms with Crippen LogP contribution in [-0.4, -0.2) is 82.3 Å². The number of quaternary nitrogens is 1. The van der Waals surface area contributed by atoms with E-state index in [1.165, 1.54) is 180 Å². The topological polar surface area (TPSA) is 111 Å². The van der Waals surface area contributed by atoms with Gasteiger partial charge in [-0.05, 0) is 12.8 Å². The van der Waals surface area contributed by atoms with Gasteiger partial charge in [-0.2, -0.15) is 0 Å². The van der Waals surface area contributed by atoms with Crippen molar-refractivity contribution in [2.45, 2.75) is 264 Å². The zero-order valence-electron chi connectivity index (χ0n) is 40.4. The fourth-order valence-electron chi connectivity index (χ4n) is 7.60. The molecule has 0 aliphatic heterocycles. The van der Waals surface area contributed by atoms with Crippen molar-refractivity contribution in [3.8, 4) is 0 Å². The van der Waals surface area contributed by atoms with Crippen molar-refractivity contribution in [3.63, 3.8) is 0 Å². The molecule has 0 rings (SSSR count). The van der Waals surface area contributed by atoms with Gasteiger partial charge in [-0.3, -0.25) is 9.59 Å². The minimum atomic E-state index is -1.61. The Morgan fingerprint density at radius 2 is 0.750 bits per heavy atom. The van der Waals surface area contributed by atoms with Crippen molar-refractivity contribution in [1.82, 2.24) is 0 Å². The van der Waals surface area contributed by atoms with Gasteiger partial charge in [0, 0.05) is 12.8 Å². The number of hydrogen-bond donors (Lipinski definition) is 0. The average molecular weight is 854 g/mol. The minimum Gasteiger partial charge on any atom is -0.545 e. The molecule has 2 unspecified atom stereocenters. The smallest absolute Gasteiger partial charge is 0.306 e. The lowest BCUT2D eigenvalue weighted by Gasteiger charge is -2.26. The van der Waals surface area contributed by atoms with E-state index in [9.17, 15) is 19.5 Å². The average Bonchev–Trinajstić information content (AvgIpc) is 3.21. The first-order chi connectivity index (χ1) is 29.1. The molecule has 356 valence electrons. The monoisotopic (exact) mass is 854 g/mol. The molecular weight excluding hydrogens is 755 g/mol. The van der Waals surface area contributed by atoms with Crippen molar-refractivity contribution < 1.29 is 42.9 Å². The summed E-state index contributed by atoms with van der Waals surface area (Å²) >= 11 is 0. The largest absolute Gasteiger partial charge is 0.545 e. The Hall–Kier alpha value is -1.71. The molecule has 2 atom stereocenters. The number of ether oxygens (including phenoxy) is 4. The summed E-state index contributed by atoms with van der Waals surface area (Å²) < 4.78 is 22.5. The molecule has 0 saturated carbocycles. The molecule has 9 heteroatoms. The first-order valence-electron chi connectivity index (χ1n) is 25.7. The second-order valence-corrected chi connectivity index (χ2v) is 18.8. The van der Waals surface area contributed by atoms with Crippen LogP contribution in [0.4, 0.5) is 0 Å². The Labute approximate surface area is 371 Å². The van der Waals surface area contributed by atoms with E-state index in [1.54, 1.807) is 0 Å². The van der Waals surface area contributed by atoms with E-state index in [0.717, 1.165) is 44.9 Å². The van der Waals surface area contributed by atoms with Crippen LogP contribution in [0, 0.1) is 0 Å². The van der Waals surface area contributed by atoms with Crippen LogP contribution in [0.15, 0.2) is 0 Å². The molecule has 0 amide bonds. The van der Waals surface area contributed by atoms with Crippen LogP contribution in [0.25, 0.3) is 0 Å². The quantitative estimate of drug-likeness (QED) is 0.0257. The Kier molecular flexibility index (Phi) is 42.7. The molecule has 9 nitrogen and oxygen atoms in total. The third kappa shape index (κ3) is 44.3. The molecule has 0 radical (unpaired) electrons. The lowest BCUT2D eigenvalue weighted by molar-refractivity contribution is -0.870. The summed E-state index contributed by atoms with van der Waals surface area (Å²) in [5, 5.41) is 11.7. The number of carboxylic acid groups (broad SMARTS) is 1. The predicted molar refractivity (Wildman–Crippen MR) is 247 cm³/mol. The molecule has 0 aromatic carbocycles. The first kappa shape index (κ1) is 58.3. The van der Waals surface area contributed by atoms with Gasteiger partial charge < -0.3 is 33.3 Å². The van der Waals surface area contributed by atoms with Gasteiger partial charge >= 0.3 is 11.9 Å². The van der Waals surface area contributed by atoms with Crippen LogP contribution in [0.2, 0.25) is 0 Å². The maximum absolute atomic E-state index is 12.7. The molecule has 0 fully saturated rings. The molecule has 0 N–H and O–H groups in total. The predicted octanol–water partition coefficient (Wildman–Crippen LogP) is 12.7. The Morgan fingerprint density at radius 3 is 1.07 bits per heavy atom. The SMILES string of the molecule is CCCCCCCCCCCCCCCCCCCCCCCCCCCCCCCC(=O)OC(COC(=O)CCCCCCCC)COC(OCC[N+](C)(C)C)C(=O)[O-]. The Balaban J connectivity index is 3.95. The number of nitrogens with zero attached hydrogens (tertiary/aromatic N) is 1. The summed E-state index contributed by atoms with van der Waals surface area (Å²) in [5.74, 6) is -2.28. The number of unbranched alkanes of at least 4 members (excludes halogenated alkanes) is 33. The van der Waals surface area contributed by atoms with Gasteiger partial charge in [0.05, 0.1) is 40.3 Å². The molecule has 0 aromatic rings. The Morgan fingerprint density at radius 1 is 0.433 bits per heavy atom. The van der Waals surface area contributed by atoms with E-state index in [4.69, 9.17) is 18.9 Å². The molecular formula is C51H99NO8. The van der Waals surface area contributed by atoms with E-state index in [1.807, 2.05) is 21.1 Å². The van der Waals surface area contributed by atoms with Gasteiger partial charge in [0.2, 0.25) is 0 Å². The van der Waals surface area contributed by atoms with E-state index in [2.05, 4.69) is 13.8 Å². The molecule has 0 bridgehead atoms. The summed E-state index contributed by atoms with van der Waals surface area (Å²) in [4.78, 5) is 36.8. The summed E-state index contributed by atoms with van der Waals surface area (Å²) in [6, 6.07) is 0. The maximum atomic E-state index is 12.7. The lowest BCUT2D eigenvalue weighted by atomic mass is 10.0. The first-order valence-corrected chi connectivity index (χ1v) is 25.7. The molecule has 0 spiro atoms. The zero-order chi connectivity index (χ0) is 44.2. The standard InChI is InChI=1S/C51H99NO8/c1-6-8-10-12-14-15-16-17-18-19-20-21-22-23-24-25-26-27-28-29-30-31-32-33-34-35-36-38-40-42-49(54)60-47(45-58-48(53)41-39-37-13-11-9-7-2)46-59-51(50(55)56)57-44-43-52(3,4)5/h47,51H,6-46H2,1-5H3. The zero-order valence-corrected chi connectivity index (χ0v) is 40.4. The summed E-state index contributed by atoms with van der Waals surface area (Å²) in [6.45, 7) is 4.71.